The Morgan fingerprint density at radius 1 is 1.12 bits per heavy atom. The first-order chi connectivity index (χ1) is 10.2. The smallest absolute Gasteiger partial charge is 1.00 e. The maximum atomic E-state index is 11.2. The van der Waals surface area contributed by atoms with E-state index in [1.807, 2.05) is 33.8 Å². The first kappa shape index (κ1) is 26.0. The molecular weight excluding hydrogens is 306 g/mol. The van der Waals surface area contributed by atoms with E-state index < -0.39 is 0 Å². The average molecular weight is 340 g/mol. The number of allylic oxidation sites excluding steroid dienone is 5. The average Bonchev–Trinajstić information content (AvgIpc) is 2.45. The minimum atomic E-state index is -0.231. The summed E-state index contributed by atoms with van der Waals surface area (Å²) in [6.45, 7) is 15.7. The van der Waals surface area contributed by atoms with Gasteiger partial charge in [0.1, 0.15) is 0 Å². The van der Waals surface area contributed by atoms with Crippen molar-refractivity contribution in [3.8, 4) is 0 Å². The van der Waals surface area contributed by atoms with Gasteiger partial charge in [0.25, 0.3) is 0 Å². The second-order valence-electron chi connectivity index (χ2n) is 6.77. The predicted molar refractivity (Wildman–Crippen MR) is 105 cm³/mol. The summed E-state index contributed by atoms with van der Waals surface area (Å²) < 4.78 is 0. The molecule has 2 rings (SSSR count). The van der Waals surface area contributed by atoms with Crippen LogP contribution in [-0.2, 0) is 4.79 Å². The maximum absolute atomic E-state index is 11.2. The topological polar surface area (TPSA) is 37.3 Å². The predicted octanol–water partition coefficient (Wildman–Crippen LogP) is 0.700. The van der Waals surface area contributed by atoms with Crippen LogP contribution in [0, 0.1) is 11.8 Å². The Kier molecular flexibility index (Phi) is 13.1. The van der Waals surface area contributed by atoms with Gasteiger partial charge >= 0.3 is 18.9 Å². The van der Waals surface area contributed by atoms with Crippen molar-refractivity contribution in [1.29, 1.82) is 0 Å². The van der Waals surface area contributed by atoms with Gasteiger partial charge in [0.2, 0.25) is 0 Å². The van der Waals surface area contributed by atoms with Crippen LogP contribution in [0.5, 0.6) is 0 Å². The van der Waals surface area contributed by atoms with E-state index in [0.717, 1.165) is 36.0 Å². The molecule has 2 aliphatic carbocycles. The van der Waals surface area contributed by atoms with Crippen molar-refractivity contribution in [1.82, 2.24) is 0 Å². The van der Waals surface area contributed by atoms with Gasteiger partial charge in [-0.05, 0) is 69.9 Å². The molecule has 0 heterocycles. The minimum absolute atomic E-state index is 0. The van der Waals surface area contributed by atoms with E-state index >= 15 is 0 Å². The van der Waals surface area contributed by atoms with Crippen LogP contribution in [0.4, 0.5) is 0 Å². The number of carbonyl (C=O) groups is 1. The van der Waals surface area contributed by atoms with E-state index in [4.69, 9.17) is 0 Å². The number of carbonyl (C=O) groups excluding carboxylic acids is 1. The van der Waals surface area contributed by atoms with Crippen molar-refractivity contribution in [3.05, 3.63) is 47.6 Å². The largest absolute Gasteiger partial charge is 1.00 e. The molecule has 0 aromatic heterocycles. The van der Waals surface area contributed by atoms with Gasteiger partial charge in [0, 0.05) is 6.42 Å². The summed E-state index contributed by atoms with van der Waals surface area (Å²) in [5, 5.41) is 9.49. The van der Waals surface area contributed by atoms with Crippen LogP contribution in [0.25, 0.3) is 0 Å². The molecule has 0 saturated carbocycles. The maximum Gasteiger partial charge on any atom is 1.00 e. The Balaban J connectivity index is -0.000000346. The van der Waals surface area contributed by atoms with Crippen LogP contribution < -0.4 is 18.9 Å². The third kappa shape index (κ3) is 8.20. The number of ketones is 1. The fourth-order valence-corrected chi connectivity index (χ4v) is 2.69. The quantitative estimate of drug-likeness (QED) is 0.594. The molecule has 24 heavy (non-hydrogen) atoms. The number of Topliss-reactive ketones (excluding diaryl/α,β-unsaturated/α-hetero) is 1. The first-order valence-corrected chi connectivity index (χ1v) is 8.07. The summed E-state index contributed by atoms with van der Waals surface area (Å²) in [4.78, 5) is 11.2. The van der Waals surface area contributed by atoms with Crippen molar-refractivity contribution in [2.75, 3.05) is 0 Å². The Hall–Kier alpha value is -0.280. The minimum Gasteiger partial charge on any atom is -1.00 e. The molecule has 2 nitrogen and oxygen atoms in total. The molecule has 0 aromatic carbocycles. The second kappa shape index (κ2) is 12.1. The number of aliphatic hydroxyl groups excluding tert-OH is 1. The molecule has 0 amide bonds. The molecule has 0 bridgehead atoms. The molecule has 3 atom stereocenters. The fourth-order valence-electron chi connectivity index (χ4n) is 2.69. The zero-order valence-corrected chi connectivity index (χ0v) is 15.5. The number of rotatable bonds is 2. The van der Waals surface area contributed by atoms with Gasteiger partial charge in [-0.1, -0.05) is 36.5 Å². The Bertz CT molecular complexity index is 526. The molecular formula is C20H34AlLiO2. The Labute approximate surface area is 172 Å². The standard InChI is InChI=1S/C10H16O.C10H14O.Al.Li.4H/c2*1-7(2)9-5-4-8(3)10(11)6-9;;;;;;/h4,9-11H,1,5-6H2,2-3H3;4,9H,1,5-6H2,2-3H3;;;;;;/q;;;+1;;;;-1/t9-,10-;9-;;;;;;/m11....../s1. The van der Waals surface area contributed by atoms with Gasteiger partial charge in [0.05, 0.1) is 6.10 Å². The van der Waals surface area contributed by atoms with Crippen LogP contribution in [0.15, 0.2) is 47.6 Å². The first-order valence-electron chi connectivity index (χ1n) is 8.07. The van der Waals surface area contributed by atoms with E-state index in [-0.39, 0.29) is 49.5 Å². The molecule has 0 radical (unpaired) electrons. The molecule has 0 aliphatic heterocycles. The van der Waals surface area contributed by atoms with Gasteiger partial charge < -0.3 is 6.53 Å². The third-order valence-corrected chi connectivity index (χ3v) is 4.73. The second-order valence-corrected chi connectivity index (χ2v) is 6.77. The zero-order valence-electron chi connectivity index (χ0n) is 16.5. The number of hydrogen-bond donors (Lipinski definition) is 1. The summed E-state index contributed by atoms with van der Waals surface area (Å²) in [6.07, 6.45) is 7.48. The van der Waals surface area contributed by atoms with E-state index in [2.05, 4.69) is 19.2 Å². The van der Waals surface area contributed by atoms with Gasteiger partial charge in [-0.2, -0.15) is 0 Å². The molecule has 1 N–H and O–H groups in total. The number of hydrogen-bond acceptors (Lipinski definition) is 2. The molecule has 130 valence electrons. The molecule has 0 unspecified atom stereocenters. The summed E-state index contributed by atoms with van der Waals surface area (Å²) in [5.41, 5.74) is 4.35. The van der Waals surface area contributed by atoms with Gasteiger partial charge in [0.15, 0.2) is 23.1 Å². The van der Waals surface area contributed by atoms with Crippen molar-refractivity contribution in [2.24, 2.45) is 11.8 Å². The van der Waals surface area contributed by atoms with Crippen molar-refractivity contribution >= 4 is 23.1 Å². The molecule has 4 heteroatoms. The fraction of sp³-hybridized carbons (Fsp3) is 0.550. The van der Waals surface area contributed by atoms with Gasteiger partial charge in [-0.25, -0.2) is 0 Å². The monoisotopic (exact) mass is 340 g/mol. The third-order valence-electron chi connectivity index (χ3n) is 4.73. The summed E-state index contributed by atoms with van der Waals surface area (Å²) in [5.74, 6) is 1.17. The van der Waals surface area contributed by atoms with Crippen LogP contribution in [0.3, 0.4) is 0 Å². The summed E-state index contributed by atoms with van der Waals surface area (Å²) in [7, 11) is 0. The van der Waals surface area contributed by atoms with Crippen molar-refractivity contribution < 1.29 is 30.2 Å². The van der Waals surface area contributed by atoms with Crippen molar-refractivity contribution in [3.63, 3.8) is 0 Å². The van der Waals surface area contributed by atoms with E-state index in [0.29, 0.717) is 18.3 Å². The van der Waals surface area contributed by atoms with Crippen LogP contribution >= 0.6 is 0 Å². The molecule has 2 aliphatic rings. The van der Waals surface area contributed by atoms with Crippen molar-refractivity contribution in [2.45, 2.75) is 59.5 Å². The van der Waals surface area contributed by atoms with Gasteiger partial charge in [-0.15, -0.1) is 0 Å². The SMILES string of the molecule is C=C(C)[C@@H]1CC=C(C)C(=O)C1.C=C(C)[C@@H]1CC=C(C)[C@H](O)C1.[AlH3].[H-].[Li+]. The Morgan fingerprint density at radius 2 is 1.62 bits per heavy atom. The molecule has 0 fully saturated rings. The normalized spacial score (nSPS) is 25.7. The summed E-state index contributed by atoms with van der Waals surface area (Å²) in [6, 6.07) is 0. The van der Waals surface area contributed by atoms with Gasteiger partial charge in [-0.3, -0.25) is 4.79 Å². The van der Waals surface area contributed by atoms with Crippen LogP contribution in [-0.4, -0.2) is 34.4 Å². The number of aliphatic hydroxyl groups is 1. The molecule has 0 spiro atoms. The van der Waals surface area contributed by atoms with E-state index in [9.17, 15) is 9.90 Å². The molecule has 0 aromatic rings. The molecule has 0 saturated heterocycles. The summed E-state index contributed by atoms with van der Waals surface area (Å²) >= 11 is 0. The van der Waals surface area contributed by atoms with Crippen LogP contribution in [0.1, 0.15) is 54.8 Å². The van der Waals surface area contributed by atoms with E-state index in [1.165, 1.54) is 5.57 Å². The van der Waals surface area contributed by atoms with E-state index in [1.54, 1.807) is 0 Å². The Morgan fingerprint density at radius 3 is 2.04 bits per heavy atom. The van der Waals surface area contributed by atoms with Crippen LogP contribution in [0.2, 0.25) is 0 Å². The zero-order chi connectivity index (χ0) is 16.9.